The molecule has 1 aromatic rings. The Morgan fingerprint density at radius 1 is 0.909 bits per heavy atom. The van der Waals surface area contributed by atoms with Crippen LogP contribution in [0.15, 0.2) is 72.2 Å². The maximum atomic E-state index is 6.07. The van der Waals surface area contributed by atoms with Crippen LogP contribution in [0.3, 0.4) is 0 Å². The average Bonchev–Trinajstić information content (AvgIpc) is 2.56. The molecule has 2 unspecified atom stereocenters. The zero-order valence-electron chi connectivity index (χ0n) is 11.7. The third-order valence-electron chi connectivity index (χ3n) is 4.11. The van der Waals surface area contributed by atoms with Crippen molar-refractivity contribution in [1.82, 2.24) is 0 Å². The predicted octanol–water partition coefficient (Wildman–Crippen LogP) is -0.571. The summed E-state index contributed by atoms with van der Waals surface area (Å²) in [5.41, 5.74) is 4.03. The summed E-state index contributed by atoms with van der Waals surface area (Å²) in [7, 11) is 0. The Hall–Kier alpha value is -2.88. The summed E-state index contributed by atoms with van der Waals surface area (Å²) in [4.78, 5) is 6.88. The second-order valence-corrected chi connectivity index (χ2v) is 5.57. The second-order valence-electron chi connectivity index (χ2n) is 5.57. The van der Waals surface area contributed by atoms with Gasteiger partial charge in [-0.25, -0.2) is 9.98 Å². The third-order valence-corrected chi connectivity index (χ3v) is 4.11. The highest BCUT2D eigenvalue weighted by Crippen LogP contribution is 2.27. The summed E-state index contributed by atoms with van der Waals surface area (Å²) in [5.74, 6) is 1.70. The number of benzene rings is 1. The van der Waals surface area contributed by atoms with E-state index >= 15 is 0 Å². The number of hydrogen-bond donors (Lipinski definition) is 2. The van der Waals surface area contributed by atoms with Gasteiger partial charge >= 0.3 is 0 Å². The molecule has 106 valence electrons. The quantitative estimate of drug-likeness (QED) is 0.672. The van der Waals surface area contributed by atoms with Crippen LogP contribution in [0.25, 0.3) is 0 Å². The molecule has 4 aliphatic rings. The first-order valence-corrected chi connectivity index (χ1v) is 7.36. The van der Waals surface area contributed by atoms with Gasteiger partial charge in [0.05, 0.1) is 6.08 Å². The van der Waals surface area contributed by atoms with E-state index < -0.39 is 0 Å². The molecule has 0 fully saturated rings. The van der Waals surface area contributed by atoms with Gasteiger partial charge in [-0.1, -0.05) is 24.3 Å². The number of nitrogens with one attached hydrogen (secondary N) is 2. The van der Waals surface area contributed by atoms with Gasteiger partial charge in [0.2, 0.25) is 29.3 Å². The van der Waals surface area contributed by atoms with Crippen LogP contribution in [0.1, 0.15) is 0 Å². The van der Waals surface area contributed by atoms with E-state index in [0.29, 0.717) is 0 Å². The summed E-state index contributed by atoms with van der Waals surface area (Å²) < 4.78 is 12.1. The first kappa shape index (κ1) is 11.7. The molecule has 0 saturated heterocycles. The molecular weight excluding hydrogens is 276 g/mol. The maximum absolute atomic E-state index is 6.07. The van der Waals surface area contributed by atoms with Crippen molar-refractivity contribution in [2.24, 2.45) is 0 Å². The molecule has 0 bridgehead atoms. The highest BCUT2D eigenvalue weighted by Gasteiger charge is 2.39. The van der Waals surface area contributed by atoms with Gasteiger partial charge < -0.3 is 9.47 Å². The van der Waals surface area contributed by atoms with E-state index in [-0.39, 0.29) is 12.2 Å². The lowest BCUT2D eigenvalue weighted by Gasteiger charge is -2.25. The van der Waals surface area contributed by atoms with Crippen LogP contribution in [0.4, 0.5) is 5.69 Å². The van der Waals surface area contributed by atoms with Gasteiger partial charge in [0, 0.05) is 18.2 Å². The fraction of sp³-hybridized carbons (Fsp3) is 0.111. The lowest BCUT2D eigenvalue weighted by Crippen LogP contribution is -2.78. The molecule has 4 heteroatoms. The summed E-state index contributed by atoms with van der Waals surface area (Å²) in [5, 5.41) is 0. The van der Waals surface area contributed by atoms with Crippen molar-refractivity contribution in [2.75, 3.05) is 0 Å². The van der Waals surface area contributed by atoms with E-state index in [9.17, 15) is 0 Å². The molecule has 4 nitrogen and oxygen atoms in total. The molecule has 2 heterocycles. The fourth-order valence-electron chi connectivity index (χ4n) is 3.03. The van der Waals surface area contributed by atoms with Crippen LogP contribution in [-0.2, 0) is 4.74 Å². The van der Waals surface area contributed by atoms with Gasteiger partial charge in [-0.05, 0) is 12.1 Å². The van der Waals surface area contributed by atoms with Gasteiger partial charge in [0.25, 0.3) is 5.70 Å². The van der Waals surface area contributed by atoms with Crippen molar-refractivity contribution in [3.05, 3.63) is 72.2 Å². The average molecular weight is 290 g/mol. The van der Waals surface area contributed by atoms with Crippen molar-refractivity contribution in [3.63, 3.8) is 0 Å². The Labute approximate surface area is 127 Å². The topological polar surface area (TPSA) is 46.4 Å². The Kier molecular flexibility index (Phi) is 2.30. The Morgan fingerprint density at radius 3 is 2.86 bits per heavy atom. The molecule has 0 saturated carbocycles. The van der Waals surface area contributed by atoms with Crippen LogP contribution < -0.4 is 14.7 Å². The Bertz CT molecular complexity index is 856. The molecular formula is C18H14N2O2+2. The highest BCUT2D eigenvalue weighted by molar-refractivity contribution is 6.01. The Balaban J connectivity index is 1.61. The van der Waals surface area contributed by atoms with Crippen LogP contribution in [0.5, 0.6) is 5.75 Å². The zero-order chi connectivity index (χ0) is 14.5. The van der Waals surface area contributed by atoms with Gasteiger partial charge in [-0.3, -0.25) is 0 Å². The molecule has 0 spiro atoms. The summed E-state index contributed by atoms with van der Waals surface area (Å²) in [6.45, 7) is 0. The molecule has 2 N–H and O–H groups in total. The van der Waals surface area contributed by atoms with Gasteiger partial charge in [0.15, 0.2) is 11.5 Å². The van der Waals surface area contributed by atoms with E-state index in [1.165, 1.54) is 0 Å². The minimum absolute atomic E-state index is 0.0428. The molecule has 0 aromatic heterocycles. The molecule has 2 atom stereocenters. The standard InChI is InChI=1S/C18H12N2O2/c1-3-7-15-11(5-1)19-13-9-14-18(10-17(13)21-15)22-16-8-4-2-6-12(16)20-14/h1-10,15,18H/p+2. The number of fused-ring (bicyclic) bond motifs is 4. The molecule has 5 rings (SSSR count). The van der Waals surface area contributed by atoms with Gasteiger partial charge in [-0.2, -0.15) is 0 Å². The minimum atomic E-state index is -0.139. The van der Waals surface area contributed by atoms with E-state index in [0.717, 1.165) is 34.3 Å². The van der Waals surface area contributed by atoms with E-state index in [1.54, 1.807) is 0 Å². The zero-order valence-corrected chi connectivity index (χ0v) is 11.7. The van der Waals surface area contributed by atoms with E-state index in [4.69, 9.17) is 9.47 Å². The fourth-order valence-corrected chi connectivity index (χ4v) is 3.03. The monoisotopic (exact) mass is 290 g/mol. The first-order valence-electron chi connectivity index (χ1n) is 7.36. The van der Waals surface area contributed by atoms with Crippen LogP contribution >= 0.6 is 0 Å². The van der Waals surface area contributed by atoms with Crippen molar-refractivity contribution in [2.45, 2.75) is 12.2 Å². The SMILES string of the molecule is C1=CC2=[NH+]C3=CC4=[NH+]c5ccccc5OC4C=C3OC2C=C1. The van der Waals surface area contributed by atoms with Gasteiger partial charge in [0.1, 0.15) is 0 Å². The molecule has 0 radical (unpaired) electrons. The van der Waals surface area contributed by atoms with Gasteiger partial charge in [-0.15, -0.1) is 0 Å². The highest BCUT2D eigenvalue weighted by atomic mass is 16.5. The van der Waals surface area contributed by atoms with Crippen LogP contribution in [0, 0.1) is 0 Å². The number of hydrogen-bond acceptors (Lipinski definition) is 2. The molecule has 1 aromatic carbocycles. The molecule has 2 aliphatic carbocycles. The largest absolute Gasteiger partial charge is 0.468 e. The lowest BCUT2D eigenvalue weighted by molar-refractivity contribution is -0.409. The van der Waals surface area contributed by atoms with Crippen molar-refractivity contribution in [3.8, 4) is 5.75 Å². The predicted molar refractivity (Wildman–Crippen MR) is 81.8 cm³/mol. The number of allylic oxidation sites excluding steroid dienone is 2. The number of ether oxygens (including phenoxy) is 2. The lowest BCUT2D eigenvalue weighted by atomic mass is 10.0. The van der Waals surface area contributed by atoms with E-state index in [1.807, 2.05) is 54.6 Å². The summed E-state index contributed by atoms with van der Waals surface area (Å²) in [6.07, 6.45) is 12.0. The first-order chi connectivity index (χ1) is 10.9. The third kappa shape index (κ3) is 1.70. The van der Waals surface area contributed by atoms with Crippen molar-refractivity contribution in [1.29, 1.82) is 0 Å². The summed E-state index contributed by atoms with van der Waals surface area (Å²) >= 11 is 0. The number of para-hydroxylation sites is 2. The van der Waals surface area contributed by atoms with Crippen LogP contribution in [-0.4, -0.2) is 23.6 Å². The van der Waals surface area contributed by atoms with Crippen molar-refractivity contribution >= 4 is 17.1 Å². The minimum Gasteiger partial charge on any atom is -0.468 e. The van der Waals surface area contributed by atoms with Crippen LogP contribution in [0.2, 0.25) is 0 Å². The van der Waals surface area contributed by atoms with E-state index in [2.05, 4.69) is 16.1 Å². The molecule has 2 aliphatic heterocycles. The second kappa shape index (κ2) is 4.31. The van der Waals surface area contributed by atoms with Crippen molar-refractivity contribution < 1.29 is 19.5 Å². The number of rotatable bonds is 0. The molecule has 22 heavy (non-hydrogen) atoms. The normalized spacial score (nSPS) is 26.7. The smallest absolute Gasteiger partial charge is 0.252 e. The maximum Gasteiger partial charge on any atom is 0.252 e. The Morgan fingerprint density at radius 2 is 1.86 bits per heavy atom. The summed E-state index contributed by atoms with van der Waals surface area (Å²) in [6, 6.07) is 7.95. The molecule has 0 amide bonds.